The van der Waals surface area contributed by atoms with Crippen LogP contribution in [0.5, 0.6) is 11.5 Å². The Bertz CT molecular complexity index is 1160. The maximum atomic E-state index is 12.9. The molecule has 1 aliphatic rings. The fraction of sp³-hybridized carbons (Fsp3) is 0.214. The Labute approximate surface area is 188 Å². The summed E-state index contributed by atoms with van der Waals surface area (Å²) in [5.74, 6) is 0.683. The molecule has 0 bridgehead atoms. The van der Waals surface area contributed by atoms with Crippen LogP contribution in [-0.4, -0.2) is 5.97 Å². The summed E-state index contributed by atoms with van der Waals surface area (Å²) in [4.78, 5) is 12.9. The van der Waals surface area contributed by atoms with Gasteiger partial charge in [0.2, 0.25) is 0 Å². The Morgan fingerprint density at radius 1 is 0.938 bits per heavy atom. The zero-order valence-electron chi connectivity index (χ0n) is 18.2. The van der Waals surface area contributed by atoms with Crippen LogP contribution in [-0.2, 0) is 16.1 Å². The smallest absolute Gasteiger partial charge is 0.310 e. The average Bonchev–Trinajstić information content (AvgIpc) is 3.39. The fourth-order valence-corrected chi connectivity index (χ4v) is 4.15. The normalized spacial score (nSPS) is 19.0. The first-order valence-electron chi connectivity index (χ1n) is 10.6. The minimum Gasteiger partial charge on any atom is -0.461 e. The summed E-state index contributed by atoms with van der Waals surface area (Å²) in [6.07, 6.45) is 1.87. The molecule has 4 rings (SSSR count). The molecule has 0 heterocycles. The van der Waals surface area contributed by atoms with Crippen LogP contribution in [0.3, 0.4) is 0 Å². The van der Waals surface area contributed by atoms with E-state index in [1.165, 1.54) is 0 Å². The SMILES string of the molecule is CC1(C)[C@H](C(=O)OCc2cccc(Oc3ccccc3)c2)[C@H]1C(C#N)=Cc1ccccc1. The molecule has 3 aromatic carbocycles. The lowest BCUT2D eigenvalue weighted by Gasteiger charge is -2.09. The van der Waals surface area contributed by atoms with Gasteiger partial charge in [-0.25, -0.2) is 0 Å². The standard InChI is InChI=1S/C28H25NO3/c1-28(2)25(22(18-29)16-20-10-5-3-6-11-20)26(28)27(30)31-19-21-12-9-15-24(17-21)32-23-13-7-4-8-14-23/h3-17,25-26H,19H2,1-2H3/t25-,26+/m1/s1. The lowest BCUT2D eigenvalue weighted by atomic mass is 10.0. The number of hydrogen-bond acceptors (Lipinski definition) is 4. The zero-order valence-corrected chi connectivity index (χ0v) is 18.2. The average molecular weight is 424 g/mol. The van der Waals surface area contributed by atoms with Crippen LogP contribution < -0.4 is 4.74 Å². The predicted molar refractivity (Wildman–Crippen MR) is 124 cm³/mol. The molecule has 0 saturated heterocycles. The van der Waals surface area contributed by atoms with Gasteiger partial charge in [-0.1, -0.05) is 74.5 Å². The van der Waals surface area contributed by atoms with Gasteiger partial charge in [0.05, 0.1) is 12.0 Å². The second-order valence-corrected chi connectivity index (χ2v) is 8.57. The number of esters is 1. The first-order chi connectivity index (χ1) is 15.5. The van der Waals surface area contributed by atoms with E-state index in [-0.39, 0.29) is 29.8 Å². The highest BCUT2D eigenvalue weighted by atomic mass is 16.5. The highest BCUT2D eigenvalue weighted by molar-refractivity contribution is 5.80. The third kappa shape index (κ3) is 4.73. The minimum absolute atomic E-state index is 0.145. The summed E-state index contributed by atoms with van der Waals surface area (Å²) < 4.78 is 11.5. The van der Waals surface area contributed by atoms with Crippen LogP contribution >= 0.6 is 0 Å². The van der Waals surface area contributed by atoms with E-state index in [9.17, 15) is 10.1 Å². The van der Waals surface area contributed by atoms with Gasteiger partial charge in [-0.2, -0.15) is 5.26 Å². The summed E-state index contributed by atoms with van der Waals surface area (Å²) in [7, 11) is 0. The van der Waals surface area contributed by atoms with Crippen LogP contribution in [0.25, 0.3) is 6.08 Å². The molecule has 0 amide bonds. The van der Waals surface area contributed by atoms with Crippen LogP contribution in [0.15, 0.2) is 90.5 Å². The molecule has 0 spiro atoms. The van der Waals surface area contributed by atoms with Gasteiger partial charge in [0.25, 0.3) is 0 Å². The molecule has 0 unspecified atom stereocenters. The van der Waals surface area contributed by atoms with Crippen LogP contribution in [0.1, 0.15) is 25.0 Å². The molecule has 1 aliphatic carbocycles. The molecule has 0 aliphatic heterocycles. The number of para-hydroxylation sites is 1. The lowest BCUT2D eigenvalue weighted by molar-refractivity contribution is -0.147. The van der Waals surface area contributed by atoms with Gasteiger partial charge < -0.3 is 9.47 Å². The van der Waals surface area contributed by atoms with Gasteiger partial charge in [-0.3, -0.25) is 4.79 Å². The molecule has 4 heteroatoms. The molecule has 0 radical (unpaired) electrons. The summed E-state index contributed by atoms with van der Waals surface area (Å²) in [5.41, 5.74) is 2.10. The lowest BCUT2D eigenvalue weighted by Crippen LogP contribution is -2.10. The molecular weight excluding hydrogens is 398 g/mol. The van der Waals surface area contributed by atoms with E-state index < -0.39 is 0 Å². The van der Waals surface area contributed by atoms with E-state index in [1.807, 2.05) is 105 Å². The number of nitrogens with zero attached hydrogens (tertiary/aromatic N) is 1. The fourth-order valence-electron chi connectivity index (χ4n) is 4.15. The molecule has 2 atom stereocenters. The predicted octanol–water partition coefficient (Wildman–Crippen LogP) is 6.40. The number of rotatable bonds is 7. The number of carbonyl (C=O) groups excluding carboxylic acids is 1. The third-order valence-electron chi connectivity index (χ3n) is 5.93. The number of benzene rings is 3. The number of hydrogen-bond donors (Lipinski definition) is 0. The summed E-state index contributed by atoms with van der Waals surface area (Å²) >= 11 is 0. The largest absolute Gasteiger partial charge is 0.461 e. The van der Waals surface area contributed by atoms with Gasteiger partial charge in [0, 0.05) is 11.5 Å². The second kappa shape index (κ2) is 9.11. The molecule has 0 N–H and O–H groups in total. The quantitative estimate of drug-likeness (QED) is 0.326. The van der Waals surface area contributed by atoms with Crippen molar-refractivity contribution < 1.29 is 14.3 Å². The van der Waals surface area contributed by atoms with Crippen molar-refractivity contribution in [3.63, 3.8) is 0 Å². The molecule has 32 heavy (non-hydrogen) atoms. The van der Waals surface area contributed by atoms with Crippen LogP contribution in [0.2, 0.25) is 0 Å². The second-order valence-electron chi connectivity index (χ2n) is 8.57. The van der Waals surface area contributed by atoms with Gasteiger partial charge in [0.15, 0.2) is 0 Å². The maximum Gasteiger partial charge on any atom is 0.310 e. The maximum absolute atomic E-state index is 12.9. The van der Waals surface area contributed by atoms with Gasteiger partial charge in [-0.15, -0.1) is 0 Å². The summed E-state index contributed by atoms with van der Waals surface area (Å²) in [6, 6.07) is 29.0. The van der Waals surface area contributed by atoms with Crippen molar-refractivity contribution in [3.8, 4) is 17.6 Å². The Morgan fingerprint density at radius 2 is 1.59 bits per heavy atom. The molecule has 1 saturated carbocycles. The summed E-state index contributed by atoms with van der Waals surface area (Å²) in [6.45, 7) is 4.18. The Balaban J connectivity index is 1.41. The van der Waals surface area contributed by atoms with Crippen molar-refractivity contribution in [1.29, 1.82) is 5.26 Å². The van der Waals surface area contributed by atoms with Gasteiger partial charge in [-0.05, 0) is 46.9 Å². The number of carbonyl (C=O) groups is 1. The number of nitriles is 1. The number of ether oxygens (including phenoxy) is 2. The summed E-state index contributed by atoms with van der Waals surface area (Å²) in [5, 5.41) is 9.70. The van der Waals surface area contributed by atoms with E-state index in [0.717, 1.165) is 16.9 Å². The highest BCUT2D eigenvalue weighted by Gasteiger charge is 2.64. The van der Waals surface area contributed by atoms with Crippen molar-refractivity contribution >= 4 is 12.0 Å². The van der Waals surface area contributed by atoms with Crippen molar-refractivity contribution in [2.75, 3.05) is 0 Å². The molecule has 0 aromatic heterocycles. The minimum atomic E-state index is -0.333. The van der Waals surface area contributed by atoms with Crippen LogP contribution in [0, 0.1) is 28.6 Å². The Morgan fingerprint density at radius 3 is 2.28 bits per heavy atom. The first-order valence-corrected chi connectivity index (χ1v) is 10.6. The first kappa shape index (κ1) is 21.4. The van der Waals surface area contributed by atoms with Crippen LogP contribution in [0.4, 0.5) is 0 Å². The highest BCUT2D eigenvalue weighted by Crippen LogP contribution is 2.62. The molecule has 4 nitrogen and oxygen atoms in total. The molecule has 160 valence electrons. The van der Waals surface area contributed by atoms with E-state index in [2.05, 4.69) is 6.07 Å². The zero-order chi connectivity index (χ0) is 22.6. The van der Waals surface area contributed by atoms with Crippen molar-refractivity contribution in [3.05, 3.63) is 102 Å². The molecule has 1 fully saturated rings. The third-order valence-corrected chi connectivity index (χ3v) is 5.93. The Kier molecular flexibility index (Phi) is 6.09. The molecular formula is C28H25NO3. The Hall–Kier alpha value is -3.84. The van der Waals surface area contributed by atoms with Gasteiger partial charge >= 0.3 is 5.97 Å². The van der Waals surface area contributed by atoms with E-state index in [0.29, 0.717) is 11.3 Å². The topological polar surface area (TPSA) is 59.3 Å². The van der Waals surface area contributed by atoms with E-state index in [1.54, 1.807) is 0 Å². The monoisotopic (exact) mass is 423 g/mol. The molecule has 3 aromatic rings. The van der Waals surface area contributed by atoms with Crippen molar-refractivity contribution in [1.82, 2.24) is 0 Å². The van der Waals surface area contributed by atoms with E-state index >= 15 is 0 Å². The number of allylic oxidation sites excluding steroid dienone is 1. The van der Waals surface area contributed by atoms with Gasteiger partial charge in [0.1, 0.15) is 18.1 Å². The van der Waals surface area contributed by atoms with Crippen molar-refractivity contribution in [2.45, 2.75) is 20.5 Å². The van der Waals surface area contributed by atoms with E-state index in [4.69, 9.17) is 9.47 Å². The van der Waals surface area contributed by atoms with Crippen molar-refractivity contribution in [2.24, 2.45) is 17.3 Å².